The molecule has 0 aliphatic heterocycles. The minimum Gasteiger partial charge on any atom is -0.376 e. The Kier molecular flexibility index (Phi) is 5.26. The van der Waals surface area contributed by atoms with E-state index in [1.165, 1.54) is 12.0 Å². The normalized spacial score (nSPS) is 22.9. The molecule has 1 saturated carbocycles. The van der Waals surface area contributed by atoms with E-state index in [0.29, 0.717) is 0 Å². The number of hydrogen-bond acceptors (Lipinski definition) is 2. The maximum absolute atomic E-state index is 5.70. The van der Waals surface area contributed by atoms with Gasteiger partial charge in [-0.3, -0.25) is 0 Å². The van der Waals surface area contributed by atoms with Crippen molar-refractivity contribution in [3.8, 4) is 0 Å². The molecule has 1 aromatic rings. The molecule has 3 heteroatoms. The molecule has 0 amide bonds. The molecule has 1 fully saturated rings. The molecule has 2 atom stereocenters. The van der Waals surface area contributed by atoms with E-state index in [-0.39, 0.29) is 12.4 Å². The van der Waals surface area contributed by atoms with Crippen LogP contribution in [0.5, 0.6) is 0 Å². The minimum atomic E-state index is 0. The van der Waals surface area contributed by atoms with Crippen molar-refractivity contribution in [2.45, 2.75) is 19.1 Å². The van der Waals surface area contributed by atoms with Crippen LogP contribution in [0.3, 0.4) is 0 Å². The summed E-state index contributed by atoms with van der Waals surface area (Å²) in [4.78, 5) is 2.29. The van der Waals surface area contributed by atoms with Gasteiger partial charge in [0, 0.05) is 6.04 Å². The Balaban J connectivity index is 0.00000128. The second kappa shape index (κ2) is 6.24. The van der Waals surface area contributed by atoms with Gasteiger partial charge in [-0.15, -0.1) is 12.4 Å². The first-order chi connectivity index (χ1) is 7.27. The zero-order chi connectivity index (χ0) is 10.7. The Hall–Kier alpha value is -0.570. The Labute approximate surface area is 104 Å². The lowest BCUT2D eigenvalue weighted by atomic mass is 10.2. The summed E-state index contributed by atoms with van der Waals surface area (Å²) in [6, 6.07) is 11.1. The van der Waals surface area contributed by atoms with Gasteiger partial charge in [0.15, 0.2) is 0 Å². The van der Waals surface area contributed by atoms with Gasteiger partial charge >= 0.3 is 0 Å². The highest BCUT2D eigenvalue weighted by Gasteiger charge is 2.38. The largest absolute Gasteiger partial charge is 0.376 e. The summed E-state index contributed by atoms with van der Waals surface area (Å²) in [7, 11) is 4.28. The predicted octanol–water partition coefficient (Wildman–Crippen LogP) is 2.58. The second-order valence-electron chi connectivity index (χ2n) is 4.53. The first kappa shape index (κ1) is 13.5. The Morgan fingerprint density at radius 1 is 1.25 bits per heavy atom. The summed E-state index contributed by atoms with van der Waals surface area (Å²) in [6.45, 7) is 1.65. The lowest BCUT2D eigenvalue weighted by Crippen LogP contribution is -2.17. The van der Waals surface area contributed by atoms with E-state index in [1.54, 1.807) is 0 Å². The average molecular weight is 242 g/mol. The van der Waals surface area contributed by atoms with E-state index in [0.717, 1.165) is 25.2 Å². The Bertz CT molecular complexity index is 302. The van der Waals surface area contributed by atoms with Crippen LogP contribution in [0, 0.1) is 5.92 Å². The van der Waals surface area contributed by atoms with Crippen molar-refractivity contribution in [3.63, 3.8) is 0 Å². The predicted molar refractivity (Wildman–Crippen MR) is 68.9 cm³/mol. The zero-order valence-electron chi connectivity index (χ0n) is 9.93. The molecule has 0 heterocycles. The lowest BCUT2D eigenvalue weighted by Gasteiger charge is -2.09. The molecule has 16 heavy (non-hydrogen) atoms. The summed E-state index contributed by atoms with van der Waals surface area (Å²) < 4.78 is 5.70. The van der Waals surface area contributed by atoms with Crippen LogP contribution in [0.1, 0.15) is 12.0 Å². The molecule has 2 nitrogen and oxygen atoms in total. The molecule has 2 rings (SSSR count). The van der Waals surface area contributed by atoms with E-state index >= 15 is 0 Å². The number of nitrogens with zero attached hydrogens (tertiary/aromatic N) is 1. The SMILES string of the molecule is CN(C)[C@@H]1C[C@H]1COCc1ccccc1.Cl. The third kappa shape index (κ3) is 3.78. The number of ether oxygens (including phenoxy) is 1. The van der Waals surface area contributed by atoms with Gasteiger partial charge < -0.3 is 9.64 Å². The summed E-state index contributed by atoms with van der Waals surface area (Å²) in [5, 5.41) is 0. The topological polar surface area (TPSA) is 12.5 Å². The molecule has 1 aromatic carbocycles. The van der Waals surface area contributed by atoms with Gasteiger partial charge in [0.05, 0.1) is 13.2 Å². The third-order valence-corrected chi connectivity index (χ3v) is 2.99. The standard InChI is InChI=1S/C13H19NO.ClH/c1-14(2)13-8-12(13)10-15-9-11-6-4-3-5-7-11;/h3-7,12-13H,8-10H2,1-2H3;1H/t12-,13+;/m0./s1. The monoisotopic (exact) mass is 241 g/mol. The highest BCUT2D eigenvalue weighted by Crippen LogP contribution is 2.34. The first-order valence-corrected chi connectivity index (χ1v) is 5.55. The molecule has 0 unspecified atom stereocenters. The van der Waals surface area contributed by atoms with Gasteiger partial charge in [-0.25, -0.2) is 0 Å². The molecule has 0 N–H and O–H groups in total. The van der Waals surface area contributed by atoms with E-state index in [4.69, 9.17) is 4.74 Å². The van der Waals surface area contributed by atoms with Gasteiger partial charge in [0.25, 0.3) is 0 Å². The number of hydrogen-bond donors (Lipinski definition) is 0. The second-order valence-corrected chi connectivity index (χ2v) is 4.53. The van der Waals surface area contributed by atoms with Crippen molar-refractivity contribution < 1.29 is 4.74 Å². The quantitative estimate of drug-likeness (QED) is 0.786. The molecule has 0 bridgehead atoms. The Morgan fingerprint density at radius 2 is 1.94 bits per heavy atom. The van der Waals surface area contributed by atoms with E-state index < -0.39 is 0 Å². The fourth-order valence-electron chi connectivity index (χ4n) is 1.95. The first-order valence-electron chi connectivity index (χ1n) is 5.55. The van der Waals surface area contributed by atoms with Crippen molar-refractivity contribution in [1.29, 1.82) is 0 Å². The van der Waals surface area contributed by atoms with Gasteiger partial charge in [-0.1, -0.05) is 30.3 Å². The third-order valence-electron chi connectivity index (χ3n) is 2.99. The summed E-state index contributed by atoms with van der Waals surface area (Å²) in [5.41, 5.74) is 1.26. The van der Waals surface area contributed by atoms with Crippen LogP contribution in [0.2, 0.25) is 0 Å². The van der Waals surface area contributed by atoms with Crippen LogP contribution in [-0.2, 0) is 11.3 Å². The summed E-state index contributed by atoms with van der Waals surface area (Å²) in [6.07, 6.45) is 1.29. The van der Waals surface area contributed by atoms with Crippen LogP contribution in [0.4, 0.5) is 0 Å². The molecule has 0 radical (unpaired) electrons. The molecule has 1 aliphatic rings. The van der Waals surface area contributed by atoms with Gasteiger partial charge in [0.1, 0.15) is 0 Å². The number of benzene rings is 1. The highest BCUT2D eigenvalue weighted by molar-refractivity contribution is 5.85. The van der Waals surface area contributed by atoms with Gasteiger partial charge in [-0.2, -0.15) is 0 Å². The van der Waals surface area contributed by atoms with Crippen molar-refractivity contribution in [3.05, 3.63) is 35.9 Å². The van der Waals surface area contributed by atoms with Crippen molar-refractivity contribution in [2.75, 3.05) is 20.7 Å². The smallest absolute Gasteiger partial charge is 0.0717 e. The molecule has 1 aliphatic carbocycles. The van der Waals surface area contributed by atoms with E-state index in [2.05, 4.69) is 43.3 Å². The molecular weight excluding hydrogens is 222 g/mol. The van der Waals surface area contributed by atoms with Crippen molar-refractivity contribution in [2.24, 2.45) is 5.92 Å². The van der Waals surface area contributed by atoms with Crippen LogP contribution in [0.25, 0.3) is 0 Å². The zero-order valence-corrected chi connectivity index (χ0v) is 10.7. The van der Waals surface area contributed by atoms with Gasteiger partial charge in [0.2, 0.25) is 0 Å². The number of halogens is 1. The molecule has 0 saturated heterocycles. The van der Waals surface area contributed by atoms with Crippen LogP contribution in [0.15, 0.2) is 30.3 Å². The highest BCUT2D eigenvalue weighted by atomic mass is 35.5. The Morgan fingerprint density at radius 3 is 2.50 bits per heavy atom. The van der Waals surface area contributed by atoms with Crippen molar-refractivity contribution in [1.82, 2.24) is 4.90 Å². The maximum atomic E-state index is 5.70. The van der Waals surface area contributed by atoms with Crippen molar-refractivity contribution >= 4 is 12.4 Å². The molecule has 90 valence electrons. The summed E-state index contributed by atoms with van der Waals surface area (Å²) in [5.74, 6) is 0.753. The molecule has 0 spiro atoms. The fraction of sp³-hybridized carbons (Fsp3) is 0.538. The molecule has 0 aromatic heterocycles. The van der Waals surface area contributed by atoms with Gasteiger partial charge in [-0.05, 0) is 32.0 Å². The van der Waals surface area contributed by atoms with Crippen LogP contribution >= 0.6 is 12.4 Å². The van der Waals surface area contributed by atoms with E-state index in [1.807, 2.05) is 6.07 Å². The van der Waals surface area contributed by atoms with Crippen LogP contribution in [-0.4, -0.2) is 31.6 Å². The fourth-order valence-corrected chi connectivity index (χ4v) is 1.95. The lowest BCUT2D eigenvalue weighted by molar-refractivity contribution is 0.105. The number of rotatable bonds is 5. The maximum Gasteiger partial charge on any atom is 0.0717 e. The summed E-state index contributed by atoms with van der Waals surface area (Å²) >= 11 is 0. The van der Waals surface area contributed by atoms with E-state index in [9.17, 15) is 0 Å². The minimum absolute atomic E-state index is 0. The average Bonchev–Trinajstić information content (AvgIpc) is 2.99. The molecular formula is C13H20ClNO. The van der Waals surface area contributed by atoms with Crippen LogP contribution < -0.4 is 0 Å².